The average Bonchev–Trinajstić information content (AvgIpc) is 2.76. The summed E-state index contributed by atoms with van der Waals surface area (Å²) in [6.45, 7) is 1.78. The van der Waals surface area contributed by atoms with Gasteiger partial charge in [-0.3, -0.25) is 14.4 Å². The first-order valence-corrected chi connectivity index (χ1v) is 11.4. The number of carboxylic acids is 1. The van der Waals surface area contributed by atoms with E-state index in [0.717, 1.165) is 4.47 Å². The summed E-state index contributed by atoms with van der Waals surface area (Å²) in [7, 11) is 0. The van der Waals surface area contributed by atoms with E-state index in [1.807, 2.05) is 0 Å². The lowest BCUT2D eigenvalue weighted by Crippen LogP contribution is -2.14. The van der Waals surface area contributed by atoms with Crippen LogP contribution in [0.25, 0.3) is 0 Å². The molecule has 1 amide bonds. The molecule has 0 saturated carbocycles. The van der Waals surface area contributed by atoms with Crippen LogP contribution in [0.2, 0.25) is 10.0 Å². The quantitative estimate of drug-likeness (QED) is 0.267. The number of nitrogens with one attached hydrogen (secondary N) is 2. The Kier molecular flexibility index (Phi) is 8.13. The number of halogens is 3. The third-order valence-corrected chi connectivity index (χ3v) is 6.04. The highest BCUT2D eigenvalue weighted by Gasteiger charge is 2.17. The Hall–Kier alpha value is -2.87. The highest BCUT2D eigenvalue weighted by molar-refractivity contribution is 9.10. The van der Waals surface area contributed by atoms with E-state index in [-0.39, 0.29) is 23.6 Å². The van der Waals surface area contributed by atoms with Crippen LogP contribution in [0.5, 0.6) is 0 Å². The monoisotopic (exact) mass is 548 g/mol. The first-order chi connectivity index (χ1) is 15.7. The van der Waals surface area contributed by atoms with Crippen LogP contribution in [-0.2, 0) is 9.59 Å². The maximum absolute atomic E-state index is 13.0. The number of benzene rings is 3. The summed E-state index contributed by atoms with van der Waals surface area (Å²) < 4.78 is 0.734. The average molecular weight is 550 g/mol. The van der Waals surface area contributed by atoms with Crippen molar-refractivity contribution in [1.82, 2.24) is 0 Å². The molecule has 0 atom stereocenters. The van der Waals surface area contributed by atoms with Crippen molar-refractivity contribution in [1.29, 1.82) is 0 Å². The number of aliphatic carboxylic acids is 1. The maximum Gasteiger partial charge on any atom is 0.303 e. The normalized spacial score (nSPS) is 10.5. The van der Waals surface area contributed by atoms with Gasteiger partial charge in [0.05, 0.1) is 22.8 Å². The second-order valence-electron chi connectivity index (χ2n) is 7.19. The van der Waals surface area contributed by atoms with Crippen LogP contribution in [0.3, 0.4) is 0 Å². The van der Waals surface area contributed by atoms with Gasteiger partial charge in [-0.25, -0.2) is 0 Å². The van der Waals surface area contributed by atoms with Gasteiger partial charge in [0, 0.05) is 32.7 Å². The number of hydrogen-bond acceptors (Lipinski definition) is 4. The summed E-state index contributed by atoms with van der Waals surface area (Å²) >= 11 is 15.9. The van der Waals surface area contributed by atoms with Gasteiger partial charge in [0.15, 0.2) is 5.78 Å². The zero-order valence-corrected chi connectivity index (χ0v) is 20.5. The van der Waals surface area contributed by atoms with Gasteiger partial charge in [0.25, 0.3) is 0 Å². The molecule has 0 aliphatic heterocycles. The van der Waals surface area contributed by atoms with Crippen molar-refractivity contribution in [3.63, 3.8) is 0 Å². The molecule has 0 aliphatic rings. The molecule has 33 heavy (non-hydrogen) atoms. The van der Waals surface area contributed by atoms with Crippen molar-refractivity contribution in [3.8, 4) is 0 Å². The van der Waals surface area contributed by atoms with E-state index in [9.17, 15) is 14.4 Å². The van der Waals surface area contributed by atoms with E-state index in [1.165, 1.54) is 0 Å². The molecule has 0 radical (unpaired) electrons. The largest absolute Gasteiger partial charge is 0.481 e. The molecule has 0 bridgehead atoms. The van der Waals surface area contributed by atoms with E-state index >= 15 is 0 Å². The molecule has 0 unspecified atom stereocenters. The van der Waals surface area contributed by atoms with Crippen molar-refractivity contribution in [2.75, 3.05) is 10.6 Å². The molecule has 0 fully saturated rings. The molecule has 0 saturated heterocycles. The first kappa shape index (κ1) is 24.8. The maximum atomic E-state index is 13.0. The van der Waals surface area contributed by atoms with Crippen LogP contribution in [0, 0.1) is 6.92 Å². The van der Waals surface area contributed by atoms with Gasteiger partial charge in [-0.15, -0.1) is 0 Å². The Morgan fingerprint density at radius 1 is 0.909 bits per heavy atom. The number of ketones is 1. The summed E-state index contributed by atoms with van der Waals surface area (Å²) in [5.74, 6) is -1.70. The first-order valence-electron chi connectivity index (χ1n) is 9.83. The molecule has 3 aromatic carbocycles. The molecular formula is C24H19BrCl2N2O4. The molecule has 9 heteroatoms. The minimum atomic E-state index is -1.05. The molecular weight excluding hydrogens is 531 g/mol. The number of carbonyl (C=O) groups is 3. The Morgan fingerprint density at radius 3 is 2.36 bits per heavy atom. The Bertz CT molecular complexity index is 1250. The number of amides is 1. The van der Waals surface area contributed by atoms with Crippen LogP contribution in [0.4, 0.5) is 17.1 Å². The molecule has 6 nitrogen and oxygen atoms in total. The summed E-state index contributed by atoms with van der Waals surface area (Å²) in [5.41, 5.74) is 3.13. The number of carbonyl (C=O) groups excluding carboxylic acids is 2. The standard InChI is InChI=1S/C24H19BrCl2N2O4/c1-13-16(3-2-4-18(13)26)24(33)17-7-6-15(12-19(17)27)28-20-8-5-14(25)11-21(20)29-22(30)9-10-23(31)32/h2-8,11-12,28H,9-10H2,1H3,(H,29,30)(H,31,32). The zero-order valence-electron chi connectivity index (χ0n) is 17.4. The molecule has 3 aromatic rings. The Morgan fingerprint density at radius 2 is 1.67 bits per heavy atom. The minimum absolute atomic E-state index is 0.146. The van der Waals surface area contributed by atoms with E-state index in [1.54, 1.807) is 61.5 Å². The van der Waals surface area contributed by atoms with Crippen molar-refractivity contribution >= 4 is 73.9 Å². The second-order valence-corrected chi connectivity index (χ2v) is 8.92. The smallest absolute Gasteiger partial charge is 0.303 e. The lowest BCUT2D eigenvalue weighted by molar-refractivity contribution is -0.138. The summed E-state index contributed by atoms with van der Waals surface area (Å²) in [6.07, 6.45) is -0.410. The Labute approximate surface area is 209 Å². The molecule has 0 heterocycles. The molecule has 170 valence electrons. The summed E-state index contributed by atoms with van der Waals surface area (Å²) in [4.78, 5) is 35.8. The van der Waals surface area contributed by atoms with Crippen LogP contribution in [-0.4, -0.2) is 22.8 Å². The fourth-order valence-electron chi connectivity index (χ4n) is 3.09. The third-order valence-electron chi connectivity index (χ3n) is 4.83. The lowest BCUT2D eigenvalue weighted by Gasteiger charge is -2.15. The van der Waals surface area contributed by atoms with Crippen LogP contribution in [0.15, 0.2) is 59.1 Å². The van der Waals surface area contributed by atoms with Crippen LogP contribution in [0.1, 0.15) is 34.3 Å². The highest BCUT2D eigenvalue weighted by Crippen LogP contribution is 2.32. The molecule has 0 aliphatic carbocycles. The van der Waals surface area contributed by atoms with E-state index in [4.69, 9.17) is 28.3 Å². The van der Waals surface area contributed by atoms with E-state index < -0.39 is 11.9 Å². The second kappa shape index (κ2) is 10.8. The fraction of sp³-hybridized carbons (Fsp3) is 0.125. The lowest BCUT2D eigenvalue weighted by atomic mass is 9.99. The van der Waals surface area contributed by atoms with Gasteiger partial charge in [-0.1, -0.05) is 51.3 Å². The predicted molar refractivity (Wildman–Crippen MR) is 134 cm³/mol. The van der Waals surface area contributed by atoms with Gasteiger partial charge in [0.2, 0.25) is 5.91 Å². The predicted octanol–water partition coefficient (Wildman–Crippen LogP) is 6.84. The molecule has 0 spiro atoms. The van der Waals surface area contributed by atoms with Crippen molar-refractivity contribution in [2.45, 2.75) is 19.8 Å². The van der Waals surface area contributed by atoms with Gasteiger partial charge in [-0.05, 0) is 55.0 Å². The topological polar surface area (TPSA) is 95.5 Å². The van der Waals surface area contributed by atoms with Crippen LogP contribution < -0.4 is 10.6 Å². The zero-order chi connectivity index (χ0) is 24.1. The van der Waals surface area contributed by atoms with E-state index in [0.29, 0.717) is 38.8 Å². The van der Waals surface area contributed by atoms with Gasteiger partial charge >= 0.3 is 5.97 Å². The van der Waals surface area contributed by atoms with Gasteiger partial charge in [-0.2, -0.15) is 0 Å². The van der Waals surface area contributed by atoms with E-state index in [2.05, 4.69) is 26.6 Å². The van der Waals surface area contributed by atoms with Crippen molar-refractivity contribution in [3.05, 3.63) is 85.8 Å². The number of rotatable bonds is 8. The fourth-order valence-corrected chi connectivity index (χ4v) is 3.90. The summed E-state index contributed by atoms with van der Waals surface area (Å²) in [6, 6.07) is 15.3. The minimum Gasteiger partial charge on any atom is -0.481 e. The molecule has 3 rings (SSSR count). The SMILES string of the molecule is Cc1c(Cl)cccc1C(=O)c1ccc(Nc2ccc(Br)cc2NC(=O)CCC(=O)O)cc1Cl. The van der Waals surface area contributed by atoms with Crippen LogP contribution >= 0.6 is 39.1 Å². The highest BCUT2D eigenvalue weighted by atomic mass is 79.9. The summed E-state index contributed by atoms with van der Waals surface area (Å²) in [5, 5.41) is 15.4. The third kappa shape index (κ3) is 6.35. The number of hydrogen-bond donors (Lipinski definition) is 3. The number of carboxylic acid groups (broad SMARTS) is 1. The Balaban J connectivity index is 1.83. The van der Waals surface area contributed by atoms with Crippen molar-refractivity contribution in [2.24, 2.45) is 0 Å². The number of anilines is 3. The van der Waals surface area contributed by atoms with Gasteiger partial charge < -0.3 is 15.7 Å². The molecule has 3 N–H and O–H groups in total. The van der Waals surface area contributed by atoms with Gasteiger partial charge in [0.1, 0.15) is 0 Å². The van der Waals surface area contributed by atoms with Crippen molar-refractivity contribution < 1.29 is 19.5 Å². The molecule has 0 aromatic heterocycles.